The standard InChI is InChI=1S/C25H22ClN3O3S/c1-32-21-13-7-17(8-14-21)16-29-24(31)22(33-25(29)28-19-5-3-2-4-6-19)15-23(30)27-20-11-9-18(26)10-12-20/h2-14,22H,15-16H2,1H3,(H,27,30)/t22-/m0/s1. The van der Waals surface area contributed by atoms with E-state index in [9.17, 15) is 9.59 Å². The monoisotopic (exact) mass is 479 g/mol. The number of aliphatic imine (C=N–C) groups is 1. The predicted octanol–water partition coefficient (Wildman–Crippen LogP) is 5.51. The Morgan fingerprint density at radius 2 is 1.76 bits per heavy atom. The van der Waals surface area contributed by atoms with Crippen molar-refractivity contribution in [3.63, 3.8) is 0 Å². The Morgan fingerprint density at radius 1 is 1.06 bits per heavy atom. The minimum absolute atomic E-state index is 0.0407. The van der Waals surface area contributed by atoms with Crippen LogP contribution in [0.2, 0.25) is 5.02 Å². The number of methoxy groups -OCH3 is 1. The summed E-state index contributed by atoms with van der Waals surface area (Å²) < 4.78 is 5.22. The number of rotatable bonds is 7. The molecular formula is C25H22ClN3O3S. The van der Waals surface area contributed by atoms with E-state index < -0.39 is 5.25 Å². The maximum Gasteiger partial charge on any atom is 0.242 e. The predicted molar refractivity (Wildman–Crippen MR) is 133 cm³/mol. The quantitative estimate of drug-likeness (QED) is 0.485. The highest BCUT2D eigenvalue weighted by molar-refractivity contribution is 8.15. The van der Waals surface area contributed by atoms with Gasteiger partial charge in [0.05, 0.1) is 19.3 Å². The summed E-state index contributed by atoms with van der Waals surface area (Å²) in [4.78, 5) is 32.2. The van der Waals surface area contributed by atoms with E-state index in [-0.39, 0.29) is 18.2 Å². The molecule has 3 aromatic carbocycles. The molecule has 0 aromatic heterocycles. The number of amidine groups is 1. The molecule has 8 heteroatoms. The number of benzene rings is 3. The second kappa shape index (κ2) is 10.6. The van der Waals surface area contributed by atoms with Crippen LogP contribution in [0.5, 0.6) is 5.75 Å². The molecule has 1 heterocycles. The van der Waals surface area contributed by atoms with Crippen molar-refractivity contribution in [3.05, 3.63) is 89.4 Å². The van der Waals surface area contributed by atoms with Gasteiger partial charge in [-0.05, 0) is 54.1 Å². The van der Waals surface area contributed by atoms with Gasteiger partial charge in [0.25, 0.3) is 0 Å². The molecule has 1 aliphatic heterocycles. The topological polar surface area (TPSA) is 71.0 Å². The molecule has 0 spiro atoms. The zero-order valence-corrected chi connectivity index (χ0v) is 19.5. The molecule has 168 valence electrons. The summed E-state index contributed by atoms with van der Waals surface area (Å²) in [5.74, 6) is 0.362. The Balaban J connectivity index is 1.52. The number of anilines is 1. The molecule has 1 N–H and O–H groups in total. The zero-order valence-electron chi connectivity index (χ0n) is 17.9. The molecule has 1 fully saturated rings. The number of thioether (sulfide) groups is 1. The van der Waals surface area contributed by atoms with Gasteiger partial charge >= 0.3 is 0 Å². The van der Waals surface area contributed by atoms with Crippen LogP contribution in [0.1, 0.15) is 12.0 Å². The molecule has 3 aromatic rings. The lowest BCUT2D eigenvalue weighted by Gasteiger charge is -2.17. The van der Waals surface area contributed by atoms with Crippen LogP contribution < -0.4 is 10.1 Å². The summed E-state index contributed by atoms with van der Waals surface area (Å²) in [5, 5.41) is 3.43. The smallest absolute Gasteiger partial charge is 0.242 e. The summed E-state index contributed by atoms with van der Waals surface area (Å²) >= 11 is 7.21. The molecule has 4 rings (SSSR count). The molecule has 1 saturated heterocycles. The number of halogens is 1. The van der Waals surface area contributed by atoms with E-state index in [2.05, 4.69) is 10.3 Å². The third kappa shape index (κ3) is 5.94. The van der Waals surface area contributed by atoms with E-state index in [0.29, 0.717) is 22.4 Å². The number of amides is 2. The van der Waals surface area contributed by atoms with Gasteiger partial charge in [-0.25, -0.2) is 4.99 Å². The minimum atomic E-state index is -0.557. The first-order chi connectivity index (χ1) is 16.0. The summed E-state index contributed by atoms with van der Waals surface area (Å²) in [6, 6.07) is 23.9. The Kier molecular flexibility index (Phi) is 7.32. The van der Waals surface area contributed by atoms with Crippen molar-refractivity contribution in [1.82, 2.24) is 4.90 Å². The second-order valence-corrected chi connectivity index (χ2v) is 8.97. The van der Waals surface area contributed by atoms with E-state index in [1.807, 2.05) is 54.6 Å². The second-order valence-electron chi connectivity index (χ2n) is 7.37. The van der Waals surface area contributed by atoms with E-state index >= 15 is 0 Å². The van der Waals surface area contributed by atoms with Gasteiger partial charge in [-0.3, -0.25) is 14.5 Å². The van der Waals surface area contributed by atoms with E-state index in [0.717, 1.165) is 17.0 Å². The molecule has 1 aliphatic rings. The zero-order chi connectivity index (χ0) is 23.2. The molecule has 0 radical (unpaired) electrons. The maximum absolute atomic E-state index is 13.3. The van der Waals surface area contributed by atoms with Crippen molar-refractivity contribution in [3.8, 4) is 5.75 Å². The Bertz CT molecular complexity index is 1150. The maximum atomic E-state index is 13.3. The van der Waals surface area contributed by atoms with Gasteiger partial charge in [0.1, 0.15) is 11.0 Å². The first kappa shape index (κ1) is 22.9. The Hall–Kier alpha value is -3.29. The number of para-hydroxylation sites is 1. The number of nitrogens with zero attached hydrogens (tertiary/aromatic N) is 2. The highest BCUT2D eigenvalue weighted by Gasteiger charge is 2.39. The molecule has 1 atom stereocenters. The summed E-state index contributed by atoms with van der Waals surface area (Å²) in [7, 11) is 1.61. The van der Waals surface area contributed by atoms with Crippen LogP contribution >= 0.6 is 23.4 Å². The van der Waals surface area contributed by atoms with Crippen LogP contribution in [-0.2, 0) is 16.1 Å². The fourth-order valence-electron chi connectivity index (χ4n) is 3.31. The van der Waals surface area contributed by atoms with Gasteiger partial charge in [0.15, 0.2) is 5.17 Å². The van der Waals surface area contributed by atoms with Crippen molar-refractivity contribution in [2.24, 2.45) is 4.99 Å². The Morgan fingerprint density at radius 3 is 2.42 bits per heavy atom. The van der Waals surface area contributed by atoms with E-state index in [1.54, 1.807) is 36.3 Å². The number of nitrogens with one attached hydrogen (secondary N) is 1. The van der Waals surface area contributed by atoms with Crippen molar-refractivity contribution >= 4 is 51.7 Å². The SMILES string of the molecule is COc1ccc(CN2C(=O)[C@H](CC(=O)Nc3ccc(Cl)cc3)SC2=Nc2ccccc2)cc1. The van der Waals surface area contributed by atoms with Crippen LogP contribution in [0, 0.1) is 0 Å². The third-order valence-corrected chi connectivity index (χ3v) is 6.43. The van der Waals surface area contributed by atoms with E-state index in [4.69, 9.17) is 16.3 Å². The summed E-state index contributed by atoms with van der Waals surface area (Å²) in [6.45, 7) is 0.358. The molecule has 2 amide bonds. The fraction of sp³-hybridized carbons (Fsp3) is 0.160. The van der Waals surface area contributed by atoms with Crippen molar-refractivity contribution in [1.29, 1.82) is 0 Å². The number of carbonyl (C=O) groups excluding carboxylic acids is 2. The van der Waals surface area contributed by atoms with Crippen molar-refractivity contribution in [2.45, 2.75) is 18.2 Å². The number of ether oxygens (including phenoxy) is 1. The number of hydrogen-bond donors (Lipinski definition) is 1. The van der Waals surface area contributed by atoms with Gasteiger partial charge in [0.2, 0.25) is 11.8 Å². The lowest BCUT2D eigenvalue weighted by atomic mass is 10.2. The van der Waals surface area contributed by atoms with Crippen LogP contribution in [0.3, 0.4) is 0 Å². The first-order valence-corrected chi connectivity index (χ1v) is 11.6. The van der Waals surface area contributed by atoms with Gasteiger partial charge < -0.3 is 10.1 Å². The van der Waals surface area contributed by atoms with E-state index in [1.165, 1.54) is 11.8 Å². The number of carbonyl (C=O) groups is 2. The normalized spacial score (nSPS) is 16.8. The molecule has 0 saturated carbocycles. The van der Waals surface area contributed by atoms with Crippen LogP contribution in [-0.4, -0.2) is 34.2 Å². The van der Waals surface area contributed by atoms with Gasteiger partial charge in [-0.1, -0.05) is 53.7 Å². The largest absolute Gasteiger partial charge is 0.497 e. The average molecular weight is 480 g/mol. The highest BCUT2D eigenvalue weighted by Crippen LogP contribution is 2.33. The summed E-state index contributed by atoms with van der Waals surface area (Å²) in [6.07, 6.45) is 0.0407. The first-order valence-electron chi connectivity index (χ1n) is 10.3. The molecule has 0 bridgehead atoms. The molecule has 0 unspecified atom stereocenters. The lowest BCUT2D eigenvalue weighted by molar-refractivity contribution is -0.128. The Labute approximate surface area is 201 Å². The highest BCUT2D eigenvalue weighted by atomic mass is 35.5. The van der Waals surface area contributed by atoms with Gasteiger partial charge in [0, 0.05) is 17.1 Å². The van der Waals surface area contributed by atoms with Gasteiger partial charge in [-0.2, -0.15) is 0 Å². The minimum Gasteiger partial charge on any atom is -0.497 e. The average Bonchev–Trinajstić information content (AvgIpc) is 3.10. The number of hydrogen-bond acceptors (Lipinski definition) is 5. The van der Waals surface area contributed by atoms with Gasteiger partial charge in [-0.15, -0.1) is 0 Å². The van der Waals surface area contributed by atoms with Crippen LogP contribution in [0.25, 0.3) is 0 Å². The third-order valence-electron chi connectivity index (χ3n) is 5.00. The fourth-order valence-corrected chi connectivity index (χ4v) is 4.59. The molecule has 33 heavy (non-hydrogen) atoms. The lowest BCUT2D eigenvalue weighted by Crippen LogP contribution is -2.33. The van der Waals surface area contributed by atoms with Crippen LogP contribution in [0.4, 0.5) is 11.4 Å². The van der Waals surface area contributed by atoms with Crippen molar-refractivity contribution in [2.75, 3.05) is 12.4 Å². The molecular weight excluding hydrogens is 458 g/mol. The summed E-state index contributed by atoms with van der Waals surface area (Å²) in [5.41, 5.74) is 2.32. The molecule has 0 aliphatic carbocycles. The van der Waals surface area contributed by atoms with Crippen LogP contribution in [0.15, 0.2) is 83.9 Å². The van der Waals surface area contributed by atoms with Crippen molar-refractivity contribution < 1.29 is 14.3 Å². The molecule has 6 nitrogen and oxygen atoms in total.